The van der Waals surface area contributed by atoms with E-state index in [1.54, 1.807) is 17.6 Å². The Kier molecular flexibility index (Phi) is 4.37. The van der Waals surface area contributed by atoms with Crippen molar-refractivity contribution < 1.29 is 9.21 Å². The van der Waals surface area contributed by atoms with E-state index in [-0.39, 0.29) is 12.3 Å². The van der Waals surface area contributed by atoms with E-state index in [9.17, 15) is 4.79 Å². The van der Waals surface area contributed by atoms with Crippen molar-refractivity contribution in [3.63, 3.8) is 0 Å². The summed E-state index contributed by atoms with van der Waals surface area (Å²) in [5, 5.41) is 6.97. The van der Waals surface area contributed by atoms with Crippen molar-refractivity contribution in [1.82, 2.24) is 9.88 Å². The summed E-state index contributed by atoms with van der Waals surface area (Å²) in [4.78, 5) is 21.0. The first kappa shape index (κ1) is 17.4. The summed E-state index contributed by atoms with van der Waals surface area (Å²) < 4.78 is 5.70. The van der Waals surface area contributed by atoms with E-state index in [1.807, 2.05) is 24.3 Å². The summed E-state index contributed by atoms with van der Waals surface area (Å²) in [6.45, 7) is 5.18. The fraction of sp³-hybridized carbons (Fsp3) is 0.273. The quantitative estimate of drug-likeness (QED) is 0.552. The van der Waals surface area contributed by atoms with E-state index in [0.717, 1.165) is 59.1 Å². The largest absolute Gasteiger partial charge is 0.464 e. The van der Waals surface area contributed by atoms with E-state index < -0.39 is 0 Å². The first-order valence-corrected chi connectivity index (χ1v) is 10.4. The molecule has 5 nitrogen and oxygen atoms in total. The Hall–Kier alpha value is -2.70. The van der Waals surface area contributed by atoms with Crippen molar-refractivity contribution in [3.8, 4) is 0 Å². The molecule has 1 aliphatic heterocycles. The minimum Gasteiger partial charge on any atom is -0.464 e. The monoisotopic (exact) mass is 391 g/mol. The number of nitrogens with zero attached hydrogens (tertiary/aromatic N) is 2. The molecule has 0 unspecified atom stereocenters. The van der Waals surface area contributed by atoms with Crippen LogP contribution >= 0.6 is 11.3 Å². The zero-order chi connectivity index (χ0) is 19.1. The normalized spacial score (nSPS) is 14.5. The number of fused-ring (bicyclic) bond motifs is 4. The third-order valence-electron chi connectivity index (χ3n) is 5.39. The molecule has 0 fully saturated rings. The van der Waals surface area contributed by atoms with E-state index in [0.29, 0.717) is 5.13 Å². The Morgan fingerprint density at radius 3 is 3.07 bits per heavy atom. The molecular weight excluding hydrogens is 370 g/mol. The smallest absolute Gasteiger partial charge is 0.230 e. The van der Waals surface area contributed by atoms with Crippen molar-refractivity contribution in [2.24, 2.45) is 0 Å². The summed E-state index contributed by atoms with van der Waals surface area (Å²) >= 11 is 1.59. The Balaban J connectivity index is 1.38. The fourth-order valence-electron chi connectivity index (χ4n) is 3.91. The van der Waals surface area contributed by atoms with Crippen LogP contribution in [0, 0.1) is 0 Å². The predicted molar refractivity (Wildman–Crippen MR) is 113 cm³/mol. The standard InChI is InChI=1S/C22H21N3O2S/c1-2-25-10-9-17-19(12-25)28-22(23-17)24-20(26)11-15-13-27-18-8-7-14-5-3-4-6-16(14)21(15)18/h3-8,13H,2,9-12H2,1H3,(H,23,24,26). The van der Waals surface area contributed by atoms with Gasteiger partial charge in [0.1, 0.15) is 5.58 Å². The van der Waals surface area contributed by atoms with E-state index in [2.05, 4.69) is 34.3 Å². The number of likely N-dealkylation sites (N-methyl/N-ethyl adjacent to an activating group) is 1. The molecule has 0 radical (unpaired) electrons. The molecule has 28 heavy (non-hydrogen) atoms. The molecule has 0 saturated carbocycles. The fourth-order valence-corrected chi connectivity index (χ4v) is 4.98. The van der Waals surface area contributed by atoms with E-state index in [4.69, 9.17) is 4.42 Å². The SMILES string of the molecule is CCN1CCc2nc(NC(=O)Cc3coc4ccc5ccccc5c34)sc2C1. The van der Waals surface area contributed by atoms with Gasteiger partial charge in [-0.15, -0.1) is 11.3 Å². The molecule has 2 aromatic heterocycles. The number of carbonyl (C=O) groups excluding carboxylic acids is 1. The van der Waals surface area contributed by atoms with E-state index >= 15 is 0 Å². The summed E-state index contributed by atoms with van der Waals surface area (Å²) in [7, 11) is 0. The number of hydrogen-bond acceptors (Lipinski definition) is 5. The van der Waals surface area contributed by atoms with Gasteiger partial charge >= 0.3 is 0 Å². The van der Waals surface area contributed by atoms with Gasteiger partial charge in [-0.3, -0.25) is 9.69 Å². The van der Waals surface area contributed by atoms with Gasteiger partial charge in [0.05, 0.1) is 18.4 Å². The molecule has 6 heteroatoms. The second-order valence-electron chi connectivity index (χ2n) is 7.15. The van der Waals surface area contributed by atoms with Crippen LogP contribution in [-0.2, 0) is 24.2 Å². The summed E-state index contributed by atoms with van der Waals surface area (Å²) in [6, 6.07) is 12.2. The molecule has 0 bridgehead atoms. The maximum Gasteiger partial charge on any atom is 0.230 e. The molecule has 1 amide bonds. The van der Waals surface area contributed by atoms with Crippen molar-refractivity contribution in [1.29, 1.82) is 0 Å². The molecule has 3 heterocycles. The van der Waals surface area contributed by atoms with Crippen LogP contribution in [0.3, 0.4) is 0 Å². The van der Waals surface area contributed by atoms with Crippen molar-refractivity contribution in [2.75, 3.05) is 18.4 Å². The van der Waals surface area contributed by atoms with Crippen LogP contribution in [0.1, 0.15) is 23.1 Å². The highest BCUT2D eigenvalue weighted by molar-refractivity contribution is 7.15. The molecule has 0 saturated heterocycles. The van der Waals surface area contributed by atoms with Gasteiger partial charge in [0, 0.05) is 35.3 Å². The van der Waals surface area contributed by atoms with Gasteiger partial charge in [0.2, 0.25) is 5.91 Å². The molecule has 2 aromatic carbocycles. The highest BCUT2D eigenvalue weighted by atomic mass is 32.1. The number of nitrogens with one attached hydrogen (secondary N) is 1. The summed E-state index contributed by atoms with van der Waals surface area (Å²) in [5.74, 6) is -0.0610. The zero-order valence-corrected chi connectivity index (χ0v) is 16.5. The van der Waals surface area contributed by atoms with Crippen LogP contribution in [0.5, 0.6) is 0 Å². The van der Waals surface area contributed by atoms with Gasteiger partial charge < -0.3 is 9.73 Å². The third-order valence-corrected chi connectivity index (χ3v) is 6.39. The molecule has 1 aliphatic rings. The lowest BCUT2D eigenvalue weighted by molar-refractivity contribution is -0.115. The van der Waals surface area contributed by atoms with Gasteiger partial charge in [-0.25, -0.2) is 4.98 Å². The maximum absolute atomic E-state index is 12.7. The number of thiazole rings is 1. The highest BCUT2D eigenvalue weighted by Crippen LogP contribution is 2.31. The number of carbonyl (C=O) groups is 1. The number of amides is 1. The van der Waals surface area contributed by atoms with Crippen molar-refractivity contribution in [3.05, 3.63) is 58.8 Å². The Morgan fingerprint density at radius 1 is 1.29 bits per heavy atom. The number of benzene rings is 2. The second-order valence-corrected chi connectivity index (χ2v) is 8.24. The molecule has 0 aliphatic carbocycles. The Morgan fingerprint density at radius 2 is 2.18 bits per heavy atom. The lowest BCUT2D eigenvalue weighted by Gasteiger charge is -2.23. The average molecular weight is 391 g/mol. The van der Waals surface area contributed by atoms with Gasteiger partial charge in [0.15, 0.2) is 5.13 Å². The van der Waals surface area contributed by atoms with Gasteiger partial charge in [-0.2, -0.15) is 0 Å². The first-order valence-electron chi connectivity index (χ1n) is 9.60. The summed E-state index contributed by atoms with van der Waals surface area (Å²) in [5.41, 5.74) is 2.85. The second kappa shape index (κ2) is 7.04. The number of anilines is 1. The van der Waals surface area contributed by atoms with Gasteiger partial charge in [0.25, 0.3) is 0 Å². The molecule has 0 spiro atoms. The van der Waals surface area contributed by atoms with Gasteiger partial charge in [-0.1, -0.05) is 37.3 Å². The highest BCUT2D eigenvalue weighted by Gasteiger charge is 2.21. The molecule has 5 rings (SSSR count). The Bertz CT molecular complexity index is 1180. The molecule has 1 N–H and O–H groups in total. The average Bonchev–Trinajstić information content (AvgIpc) is 3.30. The van der Waals surface area contributed by atoms with Crippen molar-refractivity contribution in [2.45, 2.75) is 26.3 Å². The minimum absolute atomic E-state index is 0.0610. The number of furan rings is 1. The lowest BCUT2D eigenvalue weighted by Crippen LogP contribution is -2.29. The molecule has 4 aromatic rings. The zero-order valence-electron chi connectivity index (χ0n) is 15.7. The topological polar surface area (TPSA) is 58.4 Å². The predicted octanol–water partition coefficient (Wildman–Crippen LogP) is 4.60. The first-order chi connectivity index (χ1) is 13.7. The third kappa shape index (κ3) is 3.08. The van der Waals surface area contributed by atoms with Crippen LogP contribution in [0.2, 0.25) is 0 Å². The number of rotatable bonds is 4. The van der Waals surface area contributed by atoms with Crippen LogP contribution < -0.4 is 5.32 Å². The van der Waals surface area contributed by atoms with Crippen LogP contribution in [0.4, 0.5) is 5.13 Å². The number of hydrogen-bond donors (Lipinski definition) is 1. The maximum atomic E-state index is 12.7. The summed E-state index contributed by atoms with van der Waals surface area (Å²) in [6.07, 6.45) is 2.92. The van der Waals surface area contributed by atoms with Crippen LogP contribution in [0.25, 0.3) is 21.7 Å². The van der Waals surface area contributed by atoms with Crippen LogP contribution in [0.15, 0.2) is 47.1 Å². The van der Waals surface area contributed by atoms with E-state index in [1.165, 1.54) is 4.88 Å². The molecule has 0 atom stereocenters. The number of aromatic nitrogens is 1. The lowest BCUT2D eigenvalue weighted by atomic mass is 10.0. The minimum atomic E-state index is -0.0610. The van der Waals surface area contributed by atoms with Crippen LogP contribution in [-0.4, -0.2) is 28.9 Å². The molecular formula is C22H21N3O2S. The Labute approximate surface area is 167 Å². The molecule has 142 valence electrons. The van der Waals surface area contributed by atoms with Gasteiger partial charge in [-0.05, 0) is 23.4 Å². The van der Waals surface area contributed by atoms with Crippen molar-refractivity contribution >= 4 is 44.1 Å².